The first-order valence-electron chi connectivity index (χ1n) is 9.25. The van der Waals surface area contributed by atoms with Crippen LogP contribution in [0.1, 0.15) is 12.0 Å². The van der Waals surface area contributed by atoms with Crippen LogP contribution in [-0.2, 0) is 6.42 Å². The fraction of sp³-hybridized carbons (Fsp3) is 0.579. The number of benzene rings is 1. The summed E-state index contributed by atoms with van der Waals surface area (Å²) < 4.78 is 0. The number of nitrogens with zero attached hydrogens (tertiary/aromatic N) is 6. The predicted molar refractivity (Wildman–Crippen MR) is 107 cm³/mol. The molecule has 7 nitrogen and oxygen atoms in total. The van der Waals surface area contributed by atoms with E-state index in [1.54, 1.807) is 0 Å². The van der Waals surface area contributed by atoms with Crippen LogP contribution in [0.4, 0.5) is 11.4 Å². The SMILES string of the molecule is CN1CCN(C)C1=Nc1ccc(CCCO)cc1N=C1N(C)CCN1C. The third kappa shape index (κ3) is 3.93. The van der Waals surface area contributed by atoms with E-state index in [0.717, 1.165) is 62.3 Å². The molecule has 7 heteroatoms. The molecule has 0 spiro atoms. The molecule has 0 atom stereocenters. The molecule has 2 saturated heterocycles. The van der Waals surface area contributed by atoms with Gasteiger partial charge < -0.3 is 24.7 Å². The molecule has 142 valence electrons. The lowest BCUT2D eigenvalue weighted by molar-refractivity contribution is 0.288. The van der Waals surface area contributed by atoms with E-state index in [2.05, 4.69) is 59.9 Å². The van der Waals surface area contributed by atoms with Crippen molar-refractivity contribution >= 4 is 23.3 Å². The number of likely N-dealkylation sites (N-methyl/N-ethyl adjacent to an activating group) is 4. The van der Waals surface area contributed by atoms with E-state index in [9.17, 15) is 0 Å². The van der Waals surface area contributed by atoms with Gasteiger partial charge in [0.05, 0.1) is 11.4 Å². The predicted octanol–water partition coefficient (Wildman–Crippen LogP) is 1.34. The zero-order chi connectivity index (χ0) is 18.7. The average molecular weight is 358 g/mol. The summed E-state index contributed by atoms with van der Waals surface area (Å²) in [6.07, 6.45) is 1.60. The van der Waals surface area contributed by atoms with Gasteiger partial charge in [-0.2, -0.15) is 0 Å². The molecule has 0 unspecified atom stereocenters. The molecule has 0 aliphatic carbocycles. The van der Waals surface area contributed by atoms with E-state index in [1.165, 1.54) is 5.56 Å². The summed E-state index contributed by atoms with van der Waals surface area (Å²) in [5.74, 6) is 1.95. The molecule has 26 heavy (non-hydrogen) atoms. The van der Waals surface area contributed by atoms with Crippen LogP contribution < -0.4 is 0 Å². The minimum atomic E-state index is 0.203. The minimum Gasteiger partial charge on any atom is -0.396 e. The first-order valence-corrected chi connectivity index (χ1v) is 9.25. The van der Waals surface area contributed by atoms with Crippen molar-refractivity contribution in [2.24, 2.45) is 9.98 Å². The number of aliphatic hydroxyl groups is 1. The first-order chi connectivity index (χ1) is 12.5. The summed E-state index contributed by atoms with van der Waals surface area (Å²) in [5, 5.41) is 9.12. The van der Waals surface area contributed by atoms with E-state index in [0.29, 0.717) is 0 Å². The molecule has 0 bridgehead atoms. The Balaban J connectivity index is 2.00. The molecule has 0 saturated carbocycles. The van der Waals surface area contributed by atoms with Gasteiger partial charge in [0.1, 0.15) is 0 Å². The number of guanidine groups is 2. The number of hydrogen-bond acceptors (Lipinski definition) is 3. The third-order valence-corrected chi connectivity index (χ3v) is 5.01. The quantitative estimate of drug-likeness (QED) is 0.861. The lowest BCUT2D eigenvalue weighted by Crippen LogP contribution is -2.28. The summed E-state index contributed by atoms with van der Waals surface area (Å²) in [6.45, 7) is 4.14. The summed E-state index contributed by atoms with van der Waals surface area (Å²) in [6, 6.07) is 6.25. The van der Waals surface area contributed by atoms with Gasteiger partial charge in [-0.3, -0.25) is 0 Å². The van der Waals surface area contributed by atoms with Crippen molar-refractivity contribution in [2.45, 2.75) is 12.8 Å². The number of aliphatic hydroxyl groups excluding tert-OH is 1. The lowest BCUT2D eigenvalue weighted by atomic mass is 10.1. The van der Waals surface area contributed by atoms with Crippen LogP contribution in [0.3, 0.4) is 0 Å². The molecule has 1 N–H and O–H groups in total. The maximum Gasteiger partial charge on any atom is 0.201 e. The monoisotopic (exact) mass is 358 g/mol. The topological polar surface area (TPSA) is 57.9 Å². The van der Waals surface area contributed by atoms with Crippen molar-refractivity contribution in [2.75, 3.05) is 61.0 Å². The maximum absolute atomic E-state index is 9.12. The Kier molecular flexibility index (Phi) is 5.66. The summed E-state index contributed by atoms with van der Waals surface area (Å²) >= 11 is 0. The Morgan fingerprint density at radius 2 is 1.31 bits per heavy atom. The van der Waals surface area contributed by atoms with Gasteiger partial charge in [-0.15, -0.1) is 0 Å². The van der Waals surface area contributed by atoms with Crippen molar-refractivity contribution in [1.82, 2.24) is 19.6 Å². The Morgan fingerprint density at radius 1 is 0.808 bits per heavy atom. The molecule has 0 radical (unpaired) electrons. The summed E-state index contributed by atoms with van der Waals surface area (Å²) in [4.78, 5) is 18.5. The number of aliphatic imine (C=N–C) groups is 2. The van der Waals surface area contributed by atoms with Crippen LogP contribution in [0.2, 0.25) is 0 Å². The van der Waals surface area contributed by atoms with Crippen LogP contribution in [-0.4, -0.2) is 97.6 Å². The van der Waals surface area contributed by atoms with E-state index >= 15 is 0 Å². The lowest BCUT2D eigenvalue weighted by Gasteiger charge is -2.18. The fourth-order valence-corrected chi connectivity index (χ4v) is 3.33. The molecule has 2 heterocycles. The van der Waals surface area contributed by atoms with Crippen molar-refractivity contribution < 1.29 is 5.11 Å². The highest BCUT2D eigenvalue weighted by molar-refractivity contribution is 5.89. The van der Waals surface area contributed by atoms with Crippen molar-refractivity contribution in [1.29, 1.82) is 0 Å². The normalized spacial score (nSPS) is 17.6. The smallest absolute Gasteiger partial charge is 0.201 e. The first kappa shape index (κ1) is 18.5. The average Bonchev–Trinajstić information content (AvgIpc) is 3.11. The molecular formula is C19H30N6O. The van der Waals surface area contributed by atoms with Crippen LogP contribution in [0.5, 0.6) is 0 Å². The summed E-state index contributed by atoms with van der Waals surface area (Å²) in [5.41, 5.74) is 2.95. The van der Waals surface area contributed by atoms with Crippen LogP contribution in [0, 0.1) is 0 Å². The molecule has 1 aromatic carbocycles. The van der Waals surface area contributed by atoms with Gasteiger partial charge in [0.25, 0.3) is 0 Å². The van der Waals surface area contributed by atoms with Gasteiger partial charge in [-0.1, -0.05) is 6.07 Å². The second kappa shape index (κ2) is 7.95. The van der Waals surface area contributed by atoms with Gasteiger partial charge in [0.2, 0.25) is 11.9 Å². The Bertz CT molecular complexity index is 677. The van der Waals surface area contributed by atoms with Crippen LogP contribution >= 0.6 is 0 Å². The minimum absolute atomic E-state index is 0.203. The highest BCUT2D eigenvalue weighted by atomic mass is 16.2. The molecule has 3 rings (SSSR count). The van der Waals surface area contributed by atoms with E-state index in [-0.39, 0.29) is 6.61 Å². The van der Waals surface area contributed by atoms with Crippen molar-refractivity contribution in [3.63, 3.8) is 0 Å². The largest absolute Gasteiger partial charge is 0.396 e. The van der Waals surface area contributed by atoms with Crippen molar-refractivity contribution in [3.05, 3.63) is 23.8 Å². The Morgan fingerprint density at radius 3 is 1.81 bits per heavy atom. The molecule has 2 fully saturated rings. The zero-order valence-electron chi connectivity index (χ0n) is 16.3. The number of rotatable bonds is 5. The molecular weight excluding hydrogens is 328 g/mol. The van der Waals surface area contributed by atoms with Gasteiger partial charge in [0, 0.05) is 61.0 Å². The standard InChI is InChI=1S/C19H30N6O/c1-22-9-10-23(2)18(22)20-16-8-7-15(6-5-13-26)14-17(16)21-19-24(3)11-12-25(19)4/h7-8,14,26H,5-6,9-13H2,1-4H3. The van der Waals surface area contributed by atoms with Gasteiger partial charge in [-0.25, -0.2) is 9.98 Å². The summed E-state index contributed by atoms with van der Waals surface area (Å²) in [7, 11) is 8.29. The van der Waals surface area contributed by atoms with Crippen LogP contribution in [0.25, 0.3) is 0 Å². The van der Waals surface area contributed by atoms with Crippen molar-refractivity contribution in [3.8, 4) is 0 Å². The Labute approximate surface area is 156 Å². The Hall–Kier alpha value is -2.28. The van der Waals surface area contributed by atoms with Gasteiger partial charge in [-0.05, 0) is 30.5 Å². The molecule has 0 amide bonds. The van der Waals surface area contributed by atoms with Gasteiger partial charge >= 0.3 is 0 Å². The van der Waals surface area contributed by atoms with Crippen LogP contribution in [0.15, 0.2) is 28.2 Å². The highest BCUT2D eigenvalue weighted by Gasteiger charge is 2.22. The highest BCUT2D eigenvalue weighted by Crippen LogP contribution is 2.31. The third-order valence-electron chi connectivity index (χ3n) is 5.01. The molecule has 2 aliphatic heterocycles. The molecule has 0 aromatic heterocycles. The molecule has 1 aromatic rings. The second-order valence-electron chi connectivity index (χ2n) is 7.16. The van der Waals surface area contributed by atoms with E-state index < -0.39 is 0 Å². The van der Waals surface area contributed by atoms with E-state index in [4.69, 9.17) is 15.1 Å². The number of hydrogen-bond donors (Lipinski definition) is 1. The second-order valence-corrected chi connectivity index (χ2v) is 7.16. The maximum atomic E-state index is 9.12. The van der Waals surface area contributed by atoms with E-state index in [1.807, 2.05) is 6.07 Å². The van der Waals surface area contributed by atoms with Gasteiger partial charge in [0.15, 0.2) is 0 Å². The number of aryl methyl sites for hydroxylation is 1. The fourth-order valence-electron chi connectivity index (χ4n) is 3.33. The zero-order valence-corrected chi connectivity index (χ0v) is 16.3. The molecule has 2 aliphatic rings.